The Kier molecular flexibility index (Phi) is 4.10. The number of carbonyl (C=O) groups is 2. The highest BCUT2D eigenvalue weighted by Gasteiger charge is 2.64. The van der Waals surface area contributed by atoms with Gasteiger partial charge in [-0.25, -0.2) is 0 Å². The number of rotatable bonds is 3. The van der Waals surface area contributed by atoms with Crippen molar-refractivity contribution in [3.63, 3.8) is 0 Å². The number of hydrogen-bond donors (Lipinski definition) is 1. The van der Waals surface area contributed by atoms with E-state index in [4.69, 9.17) is 4.42 Å². The SMILES string of the molecule is Cc1cc2oc3c(c(=O)c2cc1C)[C@@]1(C(=O)N(C)c2ccccc21)N(CCCO)C3=O. The molecule has 1 atom stereocenters. The van der Waals surface area contributed by atoms with Gasteiger partial charge in [0.1, 0.15) is 5.58 Å². The minimum absolute atomic E-state index is 0.0630. The lowest BCUT2D eigenvalue weighted by Gasteiger charge is -2.33. The smallest absolute Gasteiger partial charge is 0.291 e. The van der Waals surface area contributed by atoms with Gasteiger partial charge in [-0.15, -0.1) is 0 Å². The number of amides is 2. The van der Waals surface area contributed by atoms with Gasteiger partial charge in [0.05, 0.1) is 10.9 Å². The number of nitrogens with zero attached hydrogens (tertiary/aromatic N) is 2. The van der Waals surface area contributed by atoms with Crippen molar-refractivity contribution >= 4 is 28.5 Å². The molecule has 0 bridgehead atoms. The van der Waals surface area contributed by atoms with Crippen molar-refractivity contribution in [1.29, 1.82) is 0 Å². The van der Waals surface area contributed by atoms with Gasteiger partial charge in [0.15, 0.2) is 11.0 Å². The van der Waals surface area contributed by atoms with Crippen molar-refractivity contribution in [1.82, 2.24) is 4.90 Å². The van der Waals surface area contributed by atoms with Gasteiger partial charge in [0, 0.05) is 31.5 Å². The Bertz CT molecular complexity index is 1340. The van der Waals surface area contributed by atoms with E-state index in [9.17, 15) is 19.5 Å². The largest absolute Gasteiger partial charge is 0.450 e. The summed E-state index contributed by atoms with van der Waals surface area (Å²) in [6.07, 6.45) is 0.270. The van der Waals surface area contributed by atoms with Crippen molar-refractivity contribution < 1.29 is 19.1 Å². The van der Waals surface area contributed by atoms with Crippen molar-refractivity contribution in [3.8, 4) is 0 Å². The van der Waals surface area contributed by atoms with Gasteiger partial charge in [-0.2, -0.15) is 0 Å². The Morgan fingerprint density at radius 3 is 2.52 bits per heavy atom. The van der Waals surface area contributed by atoms with Gasteiger partial charge in [0.25, 0.3) is 11.8 Å². The van der Waals surface area contributed by atoms with E-state index in [-0.39, 0.29) is 42.2 Å². The summed E-state index contributed by atoms with van der Waals surface area (Å²) in [5, 5.41) is 9.77. The Labute approximate surface area is 178 Å². The third-order valence-electron chi connectivity index (χ3n) is 6.52. The van der Waals surface area contributed by atoms with Crippen molar-refractivity contribution in [3.05, 3.63) is 74.6 Å². The second-order valence-electron chi connectivity index (χ2n) is 8.19. The minimum atomic E-state index is -1.60. The number of carbonyl (C=O) groups excluding carboxylic acids is 2. The number of likely N-dealkylation sites (N-methyl/N-ethyl adjacent to an activating group) is 1. The molecule has 5 rings (SSSR count). The fraction of sp³-hybridized carbons (Fsp3) is 0.292. The summed E-state index contributed by atoms with van der Waals surface area (Å²) in [4.78, 5) is 44.0. The molecule has 2 aliphatic rings. The van der Waals surface area contributed by atoms with Crippen LogP contribution in [0.5, 0.6) is 0 Å². The normalized spacial score (nSPS) is 19.6. The van der Waals surface area contributed by atoms with Crippen molar-refractivity contribution in [2.75, 3.05) is 25.1 Å². The molecule has 0 aliphatic carbocycles. The second kappa shape index (κ2) is 6.52. The van der Waals surface area contributed by atoms with Crippen LogP contribution in [-0.4, -0.2) is 42.0 Å². The lowest BCUT2D eigenvalue weighted by Crippen LogP contribution is -2.53. The predicted octanol–water partition coefficient (Wildman–Crippen LogP) is 2.47. The van der Waals surface area contributed by atoms with Crippen LogP contribution in [0, 0.1) is 13.8 Å². The van der Waals surface area contributed by atoms with Crippen LogP contribution in [-0.2, 0) is 10.3 Å². The number of aliphatic hydroxyl groups is 1. The fourth-order valence-electron chi connectivity index (χ4n) is 4.88. The second-order valence-corrected chi connectivity index (χ2v) is 8.19. The van der Waals surface area contributed by atoms with E-state index in [0.29, 0.717) is 22.2 Å². The number of anilines is 1. The summed E-state index contributed by atoms with van der Waals surface area (Å²) in [6.45, 7) is 3.77. The molecule has 0 saturated heterocycles. The lowest BCUT2D eigenvalue weighted by atomic mass is 9.83. The molecule has 2 aromatic carbocycles. The van der Waals surface area contributed by atoms with Crippen LogP contribution < -0.4 is 10.3 Å². The van der Waals surface area contributed by atoms with E-state index in [1.54, 1.807) is 37.4 Å². The molecule has 0 saturated carbocycles. The van der Waals surface area contributed by atoms with Crippen LogP contribution in [0.2, 0.25) is 0 Å². The number of aryl methyl sites for hydroxylation is 2. The van der Waals surface area contributed by atoms with Crippen LogP contribution in [0.4, 0.5) is 5.69 Å². The van der Waals surface area contributed by atoms with Gasteiger partial charge in [-0.1, -0.05) is 18.2 Å². The van der Waals surface area contributed by atoms with Crippen LogP contribution >= 0.6 is 0 Å². The molecule has 1 aromatic heterocycles. The van der Waals surface area contributed by atoms with E-state index in [0.717, 1.165) is 11.1 Å². The number of para-hydroxylation sites is 1. The molecule has 0 unspecified atom stereocenters. The van der Waals surface area contributed by atoms with Gasteiger partial charge >= 0.3 is 0 Å². The number of hydrogen-bond acceptors (Lipinski definition) is 5. The summed E-state index contributed by atoms with van der Waals surface area (Å²) in [5.74, 6) is -0.995. The molecule has 0 fully saturated rings. The van der Waals surface area contributed by atoms with Crippen LogP contribution in [0.15, 0.2) is 45.6 Å². The van der Waals surface area contributed by atoms with E-state index in [1.165, 1.54) is 9.80 Å². The average Bonchev–Trinajstić information content (AvgIpc) is 3.13. The fourth-order valence-corrected chi connectivity index (χ4v) is 4.88. The molecule has 3 aromatic rings. The summed E-state index contributed by atoms with van der Waals surface area (Å²) in [5.41, 5.74) is 1.49. The molecule has 2 aliphatic heterocycles. The third-order valence-corrected chi connectivity index (χ3v) is 6.52. The van der Waals surface area contributed by atoms with E-state index >= 15 is 0 Å². The standard InChI is InChI=1S/C24H22N2O5/c1-13-11-15-18(12-14(13)2)31-21-19(20(15)28)24(26(22(21)29)9-6-10-27)16-7-4-5-8-17(16)25(3)23(24)30/h4-5,7-8,11-12,27H,6,9-10H2,1-3H3/t24-/m0/s1. The molecular formula is C24H22N2O5. The first-order valence-electron chi connectivity index (χ1n) is 10.2. The van der Waals surface area contributed by atoms with E-state index in [2.05, 4.69) is 0 Å². The van der Waals surface area contributed by atoms with Gasteiger partial charge in [-0.3, -0.25) is 14.4 Å². The molecule has 2 amide bonds. The van der Waals surface area contributed by atoms with Crippen LogP contribution in [0.1, 0.15) is 39.2 Å². The molecule has 1 N–H and O–H groups in total. The number of benzene rings is 2. The quantitative estimate of drug-likeness (QED) is 0.706. The maximum atomic E-state index is 13.8. The summed E-state index contributed by atoms with van der Waals surface area (Å²) in [7, 11) is 1.64. The molecule has 7 heteroatoms. The minimum Gasteiger partial charge on any atom is -0.450 e. The highest BCUT2D eigenvalue weighted by atomic mass is 16.3. The number of fused-ring (bicyclic) bond motifs is 5. The number of aliphatic hydroxyl groups excluding tert-OH is 1. The molecule has 158 valence electrons. The maximum absolute atomic E-state index is 13.8. The van der Waals surface area contributed by atoms with Crippen LogP contribution in [0.25, 0.3) is 11.0 Å². The molecular weight excluding hydrogens is 396 g/mol. The topological polar surface area (TPSA) is 91.1 Å². The Morgan fingerprint density at radius 2 is 1.77 bits per heavy atom. The first kappa shape index (κ1) is 19.5. The molecule has 0 radical (unpaired) electrons. The Balaban J connectivity index is 1.93. The molecule has 3 heterocycles. The monoisotopic (exact) mass is 418 g/mol. The average molecular weight is 418 g/mol. The summed E-state index contributed by atoms with van der Waals surface area (Å²) in [6, 6.07) is 10.7. The Morgan fingerprint density at radius 1 is 1.06 bits per heavy atom. The molecule has 1 spiro atoms. The van der Waals surface area contributed by atoms with E-state index < -0.39 is 11.4 Å². The maximum Gasteiger partial charge on any atom is 0.291 e. The zero-order valence-electron chi connectivity index (χ0n) is 17.6. The van der Waals surface area contributed by atoms with Gasteiger partial charge in [-0.05, 0) is 49.6 Å². The summed E-state index contributed by atoms with van der Waals surface area (Å²) < 4.78 is 6.00. The van der Waals surface area contributed by atoms with Gasteiger partial charge in [0.2, 0.25) is 5.76 Å². The molecule has 31 heavy (non-hydrogen) atoms. The zero-order chi connectivity index (χ0) is 22.1. The van der Waals surface area contributed by atoms with E-state index in [1.807, 2.05) is 19.9 Å². The first-order chi connectivity index (χ1) is 14.8. The highest BCUT2D eigenvalue weighted by molar-refractivity contribution is 6.16. The third kappa shape index (κ3) is 2.29. The van der Waals surface area contributed by atoms with Crippen LogP contribution in [0.3, 0.4) is 0 Å². The zero-order valence-corrected chi connectivity index (χ0v) is 17.6. The first-order valence-corrected chi connectivity index (χ1v) is 10.2. The predicted molar refractivity (Wildman–Crippen MR) is 115 cm³/mol. The Hall–Kier alpha value is -3.45. The van der Waals surface area contributed by atoms with Gasteiger partial charge < -0.3 is 19.3 Å². The lowest BCUT2D eigenvalue weighted by molar-refractivity contribution is -0.125. The summed E-state index contributed by atoms with van der Waals surface area (Å²) >= 11 is 0. The molecule has 7 nitrogen and oxygen atoms in total. The van der Waals surface area contributed by atoms with Crippen molar-refractivity contribution in [2.45, 2.75) is 25.8 Å². The van der Waals surface area contributed by atoms with Crippen molar-refractivity contribution in [2.24, 2.45) is 0 Å². The highest BCUT2D eigenvalue weighted by Crippen LogP contribution is 2.52.